The van der Waals surface area contributed by atoms with Gasteiger partial charge in [-0.3, -0.25) is 4.90 Å². The van der Waals surface area contributed by atoms with Crippen LogP contribution in [-0.4, -0.2) is 49.0 Å². The van der Waals surface area contributed by atoms with E-state index in [4.69, 9.17) is 4.74 Å². The molecule has 2 aromatic rings. The zero-order valence-electron chi connectivity index (χ0n) is 13.7. The maximum Gasteiger partial charge on any atom is 0.0801 e. The molecule has 1 heterocycles. The van der Waals surface area contributed by atoms with Crippen LogP contribution in [0.15, 0.2) is 60.7 Å². The smallest absolute Gasteiger partial charge is 0.0801 e. The molecule has 3 heteroatoms. The van der Waals surface area contributed by atoms with Gasteiger partial charge >= 0.3 is 0 Å². The van der Waals surface area contributed by atoms with E-state index < -0.39 is 11.5 Å². The zero-order valence-corrected chi connectivity index (χ0v) is 13.7. The lowest BCUT2D eigenvalue weighted by Gasteiger charge is -2.39. The number of aliphatic hydroxyl groups excluding tert-OH is 1. The van der Waals surface area contributed by atoms with E-state index in [1.807, 2.05) is 36.4 Å². The van der Waals surface area contributed by atoms with Gasteiger partial charge in [-0.15, -0.1) is 0 Å². The predicted octanol–water partition coefficient (Wildman–Crippen LogP) is 2.69. The molecule has 0 spiro atoms. The van der Waals surface area contributed by atoms with E-state index in [1.54, 1.807) is 0 Å². The number of ether oxygens (including phenoxy) is 1. The first-order chi connectivity index (χ1) is 11.2. The highest BCUT2D eigenvalue weighted by Crippen LogP contribution is 2.35. The van der Waals surface area contributed by atoms with Gasteiger partial charge < -0.3 is 9.84 Å². The molecule has 1 aliphatic heterocycles. The van der Waals surface area contributed by atoms with Crippen LogP contribution in [0.1, 0.15) is 18.1 Å². The summed E-state index contributed by atoms with van der Waals surface area (Å²) in [5.74, 6) is 0. The van der Waals surface area contributed by atoms with Gasteiger partial charge in [0.2, 0.25) is 0 Å². The number of hydrogen-bond donors (Lipinski definition) is 1. The lowest BCUT2D eigenvalue weighted by atomic mass is 9.71. The minimum absolute atomic E-state index is 0.430. The molecule has 2 aromatic carbocycles. The number of hydrogen-bond acceptors (Lipinski definition) is 3. The van der Waals surface area contributed by atoms with Crippen molar-refractivity contribution >= 4 is 0 Å². The Hall–Kier alpha value is -1.68. The Morgan fingerprint density at radius 2 is 1.43 bits per heavy atom. The van der Waals surface area contributed by atoms with E-state index in [0.29, 0.717) is 6.54 Å². The van der Waals surface area contributed by atoms with Crippen molar-refractivity contribution in [3.8, 4) is 0 Å². The average molecular weight is 311 g/mol. The summed E-state index contributed by atoms with van der Waals surface area (Å²) in [4.78, 5) is 2.29. The number of nitrogens with zero attached hydrogens (tertiary/aromatic N) is 1. The van der Waals surface area contributed by atoms with Crippen LogP contribution in [-0.2, 0) is 10.2 Å². The minimum Gasteiger partial charge on any atom is -0.391 e. The average Bonchev–Trinajstić information content (AvgIpc) is 2.63. The van der Waals surface area contributed by atoms with Gasteiger partial charge in [-0.05, 0) is 18.1 Å². The molecular weight excluding hydrogens is 286 g/mol. The normalized spacial score (nSPS) is 17.8. The summed E-state index contributed by atoms with van der Waals surface area (Å²) in [6.45, 7) is 6.07. The van der Waals surface area contributed by atoms with Crippen LogP contribution in [0.25, 0.3) is 0 Å². The first-order valence-electron chi connectivity index (χ1n) is 8.30. The molecule has 23 heavy (non-hydrogen) atoms. The monoisotopic (exact) mass is 311 g/mol. The summed E-state index contributed by atoms with van der Waals surface area (Å²) in [5, 5.41) is 11.1. The standard InChI is InChI=1S/C20H25NO2/c1-20(17-8-4-2-5-9-17,18-10-6-3-7-11-18)19(22)16-21-12-14-23-15-13-21/h2-11,19,22H,12-16H2,1H3. The molecule has 0 radical (unpaired) electrons. The molecule has 122 valence electrons. The van der Waals surface area contributed by atoms with Crippen molar-refractivity contribution in [2.45, 2.75) is 18.4 Å². The summed E-state index contributed by atoms with van der Waals surface area (Å²) in [6.07, 6.45) is -0.481. The van der Waals surface area contributed by atoms with Crippen LogP contribution < -0.4 is 0 Å². The fourth-order valence-corrected chi connectivity index (χ4v) is 3.33. The summed E-state index contributed by atoms with van der Waals surface area (Å²) in [6, 6.07) is 20.6. The van der Waals surface area contributed by atoms with E-state index in [1.165, 1.54) is 0 Å². The molecule has 1 saturated heterocycles. The number of aliphatic hydroxyl groups is 1. The Kier molecular flexibility index (Phi) is 5.11. The summed E-state index contributed by atoms with van der Waals surface area (Å²) >= 11 is 0. The second kappa shape index (κ2) is 7.26. The van der Waals surface area contributed by atoms with Crippen molar-refractivity contribution in [1.82, 2.24) is 4.90 Å². The predicted molar refractivity (Wildman–Crippen MR) is 92.6 cm³/mol. The molecule has 1 N–H and O–H groups in total. The molecule has 0 amide bonds. The first kappa shape index (κ1) is 16.2. The highest BCUT2D eigenvalue weighted by Gasteiger charge is 2.37. The van der Waals surface area contributed by atoms with Crippen molar-refractivity contribution < 1.29 is 9.84 Å². The van der Waals surface area contributed by atoms with Gasteiger partial charge in [-0.25, -0.2) is 0 Å². The van der Waals surface area contributed by atoms with Gasteiger partial charge in [0.05, 0.1) is 19.3 Å². The molecule has 1 atom stereocenters. The van der Waals surface area contributed by atoms with Crippen LogP contribution in [0.2, 0.25) is 0 Å². The summed E-state index contributed by atoms with van der Waals surface area (Å²) in [5.41, 5.74) is 1.86. The maximum absolute atomic E-state index is 11.1. The molecule has 0 aromatic heterocycles. The minimum atomic E-state index is -0.481. The molecule has 0 aliphatic carbocycles. The number of morpholine rings is 1. The van der Waals surface area contributed by atoms with Crippen molar-refractivity contribution in [3.05, 3.63) is 71.8 Å². The molecule has 0 saturated carbocycles. The van der Waals surface area contributed by atoms with E-state index in [0.717, 1.165) is 37.4 Å². The van der Waals surface area contributed by atoms with Crippen molar-refractivity contribution in [3.63, 3.8) is 0 Å². The second-order valence-corrected chi connectivity index (χ2v) is 6.36. The third kappa shape index (κ3) is 3.47. The Balaban J connectivity index is 1.91. The Bertz CT molecular complexity index is 554. The van der Waals surface area contributed by atoms with Crippen molar-refractivity contribution in [2.24, 2.45) is 0 Å². The molecule has 3 nitrogen and oxygen atoms in total. The van der Waals surface area contributed by atoms with E-state index >= 15 is 0 Å². The van der Waals surface area contributed by atoms with Crippen LogP contribution >= 0.6 is 0 Å². The lowest BCUT2D eigenvalue weighted by Crippen LogP contribution is -2.48. The fourth-order valence-electron chi connectivity index (χ4n) is 3.33. The number of benzene rings is 2. The van der Waals surface area contributed by atoms with Crippen LogP contribution in [0.3, 0.4) is 0 Å². The van der Waals surface area contributed by atoms with Crippen LogP contribution in [0.4, 0.5) is 0 Å². The molecular formula is C20H25NO2. The zero-order chi connectivity index (χ0) is 16.1. The molecule has 1 aliphatic rings. The van der Waals surface area contributed by atoms with Gasteiger partial charge in [-0.1, -0.05) is 60.7 Å². The lowest BCUT2D eigenvalue weighted by molar-refractivity contribution is 0.00145. The molecule has 0 bridgehead atoms. The third-order valence-corrected chi connectivity index (χ3v) is 4.95. The number of β-amino-alcohol motifs (C(OH)–C–C–N with tert-alkyl or cyclic N) is 1. The van der Waals surface area contributed by atoms with E-state index in [9.17, 15) is 5.11 Å². The molecule has 1 unspecified atom stereocenters. The van der Waals surface area contributed by atoms with Gasteiger partial charge in [0.25, 0.3) is 0 Å². The SMILES string of the molecule is CC(c1ccccc1)(c1ccccc1)C(O)CN1CCOCC1. The first-order valence-corrected chi connectivity index (χ1v) is 8.30. The highest BCUT2D eigenvalue weighted by molar-refractivity contribution is 5.40. The van der Waals surface area contributed by atoms with Gasteiger partial charge in [-0.2, -0.15) is 0 Å². The highest BCUT2D eigenvalue weighted by atomic mass is 16.5. The summed E-state index contributed by atoms with van der Waals surface area (Å²) in [7, 11) is 0. The molecule has 3 rings (SSSR count). The van der Waals surface area contributed by atoms with Gasteiger partial charge in [0.15, 0.2) is 0 Å². The van der Waals surface area contributed by atoms with E-state index in [-0.39, 0.29) is 0 Å². The maximum atomic E-state index is 11.1. The topological polar surface area (TPSA) is 32.7 Å². The largest absolute Gasteiger partial charge is 0.391 e. The van der Waals surface area contributed by atoms with Gasteiger partial charge in [0.1, 0.15) is 0 Å². The van der Waals surface area contributed by atoms with Crippen LogP contribution in [0, 0.1) is 0 Å². The van der Waals surface area contributed by atoms with Gasteiger partial charge in [0, 0.05) is 25.0 Å². The van der Waals surface area contributed by atoms with Crippen molar-refractivity contribution in [1.29, 1.82) is 0 Å². The summed E-state index contributed by atoms with van der Waals surface area (Å²) < 4.78 is 5.41. The number of rotatable bonds is 5. The Morgan fingerprint density at radius 3 is 1.91 bits per heavy atom. The van der Waals surface area contributed by atoms with E-state index in [2.05, 4.69) is 36.1 Å². The Morgan fingerprint density at radius 1 is 0.957 bits per heavy atom. The fraction of sp³-hybridized carbons (Fsp3) is 0.400. The molecule has 1 fully saturated rings. The quantitative estimate of drug-likeness (QED) is 0.921. The van der Waals surface area contributed by atoms with Crippen molar-refractivity contribution in [2.75, 3.05) is 32.8 Å². The Labute approximate surface area is 138 Å². The van der Waals surface area contributed by atoms with Crippen LogP contribution in [0.5, 0.6) is 0 Å². The third-order valence-electron chi connectivity index (χ3n) is 4.95. The second-order valence-electron chi connectivity index (χ2n) is 6.36.